The fraction of sp³-hybridized carbons (Fsp3) is 0.174. The van der Waals surface area contributed by atoms with Crippen LogP contribution in [0.4, 0.5) is 4.39 Å². The summed E-state index contributed by atoms with van der Waals surface area (Å²) in [5.74, 6) is -0.559. The first kappa shape index (κ1) is 23.5. The molecule has 1 heterocycles. The van der Waals surface area contributed by atoms with Crippen LogP contribution < -0.4 is 9.47 Å². The molecule has 0 aliphatic rings. The Kier molecular flexibility index (Phi) is 7.66. The maximum absolute atomic E-state index is 13.6. The van der Waals surface area contributed by atoms with Gasteiger partial charge in [0.15, 0.2) is 17.8 Å². The SMILES string of the molecule is COc1ccc([C@H](Cc2c(Cl)cncc2Cl)OC(=O)c2ccc(F)c(C=O)c2)cc1OC. The number of ether oxygens (including phenoxy) is 3. The number of aldehydes is 1. The molecule has 1 aromatic heterocycles. The molecular formula is C23H18Cl2FNO5. The van der Waals surface area contributed by atoms with Gasteiger partial charge in [0.2, 0.25) is 0 Å². The molecular weight excluding hydrogens is 460 g/mol. The van der Waals surface area contributed by atoms with Gasteiger partial charge in [0.25, 0.3) is 0 Å². The van der Waals surface area contributed by atoms with Gasteiger partial charge in [0.1, 0.15) is 11.9 Å². The molecule has 32 heavy (non-hydrogen) atoms. The largest absolute Gasteiger partial charge is 0.493 e. The highest BCUT2D eigenvalue weighted by atomic mass is 35.5. The van der Waals surface area contributed by atoms with Crippen molar-refractivity contribution in [2.45, 2.75) is 12.5 Å². The molecule has 2 aromatic carbocycles. The zero-order chi connectivity index (χ0) is 23.3. The Morgan fingerprint density at radius 3 is 2.38 bits per heavy atom. The molecule has 0 fully saturated rings. The summed E-state index contributed by atoms with van der Waals surface area (Å²) in [7, 11) is 2.99. The molecule has 0 N–H and O–H groups in total. The standard InChI is InChI=1S/C23H18Cl2FNO5/c1-30-20-6-4-13(8-22(20)31-2)21(9-16-17(24)10-27-11-18(16)25)32-23(29)14-3-5-19(26)15(7-14)12-28/h3-8,10-12,21H,9H2,1-2H3/t21-/m0/s1. The molecule has 1 atom stereocenters. The van der Waals surface area contributed by atoms with Gasteiger partial charge in [-0.3, -0.25) is 9.78 Å². The van der Waals surface area contributed by atoms with Gasteiger partial charge in [0, 0.05) is 18.8 Å². The van der Waals surface area contributed by atoms with Crippen molar-refractivity contribution in [1.82, 2.24) is 4.98 Å². The van der Waals surface area contributed by atoms with Crippen LogP contribution in [-0.2, 0) is 11.2 Å². The van der Waals surface area contributed by atoms with Crippen LogP contribution in [0.1, 0.15) is 37.9 Å². The summed E-state index contributed by atoms with van der Waals surface area (Å²) in [6.45, 7) is 0. The van der Waals surface area contributed by atoms with Gasteiger partial charge in [0.05, 0.1) is 35.4 Å². The molecule has 0 amide bonds. The van der Waals surface area contributed by atoms with Crippen LogP contribution in [0.25, 0.3) is 0 Å². The van der Waals surface area contributed by atoms with Crippen molar-refractivity contribution >= 4 is 35.5 Å². The number of hydrogen-bond acceptors (Lipinski definition) is 6. The lowest BCUT2D eigenvalue weighted by Crippen LogP contribution is -2.15. The molecule has 9 heteroatoms. The Hall–Kier alpha value is -3.16. The second kappa shape index (κ2) is 10.4. The highest BCUT2D eigenvalue weighted by Crippen LogP contribution is 2.35. The predicted octanol–water partition coefficient (Wildman–Crippen LogP) is 5.50. The van der Waals surface area contributed by atoms with Crippen LogP contribution in [0, 0.1) is 5.82 Å². The first-order valence-corrected chi connectivity index (χ1v) is 10.1. The third kappa shape index (κ3) is 5.18. The lowest BCUT2D eigenvalue weighted by atomic mass is 10.0. The number of pyridine rings is 1. The lowest BCUT2D eigenvalue weighted by Gasteiger charge is -2.21. The van der Waals surface area contributed by atoms with Crippen molar-refractivity contribution in [1.29, 1.82) is 0 Å². The summed E-state index contributed by atoms with van der Waals surface area (Å²) in [4.78, 5) is 27.8. The molecule has 166 valence electrons. The Morgan fingerprint density at radius 1 is 1.06 bits per heavy atom. The first-order valence-electron chi connectivity index (χ1n) is 9.33. The smallest absolute Gasteiger partial charge is 0.338 e. The monoisotopic (exact) mass is 477 g/mol. The van der Waals surface area contributed by atoms with E-state index in [1.54, 1.807) is 18.2 Å². The Labute approximate surface area is 193 Å². The average Bonchev–Trinajstić information content (AvgIpc) is 2.80. The molecule has 0 aliphatic heterocycles. The maximum atomic E-state index is 13.6. The van der Waals surface area contributed by atoms with E-state index in [1.165, 1.54) is 32.7 Å². The van der Waals surface area contributed by atoms with Gasteiger partial charge in [-0.25, -0.2) is 9.18 Å². The summed E-state index contributed by atoms with van der Waals surface area (Å²) in [5.41, 5.74) is 0.884. The Morgan fingerprint density at radius 2 is 1.75 bits per heavy atom. The molecule has 0 aliphatic carbocycles. The Bertz CT molecular complexity index is 1130. The average molecular weight is 478 g/mol. The molecule has 3 rings (SSSR count). The zero-order valence-electron chi connectivity index (χ0n) is 17.1. The maximum Gasteiger partial charge on any atom is 0.338 e. The number of halogens is 3. The van der Waals surface area contributed by atoms with Gasteiger partial charge in [-0.2, -0.15) is 0 Å². The number of hydrogen-bond donors (Lipinski definition) is 0. The van der Waals surface area contributed by atoms with Crippen molar-refractivity contribution in [3.05, 3.63) is 86.9 Å². The molecule has 0 saturated carbocycles. The van der Waals surface area contributed by atoms with Crippen molar-refractivity contribution in [2.24, 2.45) is 0 Å². The topological polar surface area (TPSA) is 74.7 Å². The van der Waals surface area contributed by atoms with Crippen LogP contribution in [0.15, 0.2) is 48.8 Å². The highest BCUT2D eigenvalue weighted by Gasteiger charge is 2.23. The van der Waals surface area contributed by atoms with Crippen LogP contribution >= 0.6 is 23.2 Å². The molecule has 0 saturated heterocycles. The summed E-state index contributed by atoms with van der Waals surface area (Å²) < 4.78 is 30.0. The van der Waals surface area contributed by atoms with Crippen LogP contribution in [0.2, 0.25) is 10.0 Å². The van der Waals surface area contributed by atoms with Gasteiger partial charge >= 0.3 is 5.97 Å². The van der Waals surface area contributed by atoms with Gasteiger partial charge in [-0.15, -0.1) is 0 Å². The summed E-state index contributed by atoms with van der Waals surface area (Å²) in [5, 5.41) is 0.619. The number of benzene rings is 2. The number of methoxy groups -OCH3 is 2. The zero-order valence-corrected chi connectivity index (χ0v) is 18.6. The van der Waals surface area contributed by atoms with E-state index < -0.39 is 17.9 Å². The van der Waals surface area contributed by atoms with E-state index in [4.69, 9.17) is 37.4 Å². The predicted molar refractivity (Wildman–Crippen MR) is 117 cm³/mol. The van der Waals surface area contributed by atoms with Crippen LogP contribution in [0.5, 0.6) is 11.5 Å². The second-order valence-electron chi connectivity index (χ2n) is 6.65. The number of carbonyl (C=O) groups excluding carboxylic acids is 2. The van der Waals surface area contributed by atoms with Crippen molar-refractivity contribution in [3.8, 4) is 11.5 Å². The second-order valence-corrected chi connectivity index (χ2v) is 7.46. The summed E-state index contributed by atoms with van der Waals surface area (Å²) in [6, 6.07) is 8.45. The molecule has 3 aromatic rings. The van der Waals surface area contributed by atoms with E-state index >= 15 is 0 Å². The minimum Gasteiger partial charge on any atom is -0.493 e. The lowest BCUT2D eigenvalue weighted by molar-refractivity contribution is 0.0297. The van der Waals surface area contributed by atoms with E-state index in [0.29, 0.717) is 39.0 Å². The fourth-order valence-corrected chi connectivity index (χ4v) is 3.58. The van der Waals surface area contributed by atoms with E-state index in [9.17, 15) is 14.0 Å². The summed E-state index contributed by atoms with van der Waals surface area (Å²) >= 11 is 12.5. The van der Waals surface area contributed by atoms with E-state index in [2.05, 4.69) is 4.98 Å². The number of esters is 1. The third-order valence-electron chi connectivity index (χ3n) is 4.73. The van der Waals surface area contributed by atoms with E-state index in [1.807, 2.05) is 0 Å². The minimum absolute atomic E-state index is 0.0194. The molecule has 0 bridgehead atoms. The van der Waals surface area contributed by atoms with Crippen LogP contribution in [-0.4, -0.2) is 31.5 Å². The van der Waals surface area contributed by atoms with Gasteiger partial charge in [-0.1, -0.05) is 29.3 Å². The molecule has 0 radical (unpaired) electrons. The summed E-state index contributed by atoms with van der Waals surface area (Å²) in [6.07, 6.45) is 2.49. The number of aromatic nitrogens is 1. The van der Waals surface area contributed by atoms with E-state index in [-0.39, 0.29) is 17.5 Å². The first-order chi connectivity index (χ1) is 15.4. The molecule has 0 unspecified atom stereocenters. The molecule has 0 spiro atoms. The normalized spacial score (nSPS) is 11.5. The molecule has 6 nitrogen and oxygen atoms in total. The quantitative estimate of drug-likeness (QED) is 0.315. The number of rotatable bonds is 8. The van der Waals surface area contributed by atoms with Crippen LogP contribution in [0.3, 0.4) is 0 Å². The van der Waals surface area contributed by atoms with Gasteiger partial charge in [-0.05, 0) is 41.5 Å². The van der Waals surface area contributed by atoms with Crippen molar-refractivity contribution in [3.63, 3.8) is 0 Å². The van der Waals surface area contributed by atoms with Crippen molar-refractivity contribution < 1.29 is 28.2 Å². The van der Waals surface area contributed by atoms with Gasteiger partial charge < -0.3 is 14.2 Å². The Balaban J connectivity index is 2.00. The number of carbonyl (C=O) groups is 2. The third-order valence-corrected chi connectivity index (χ3v) is 5.38. The highest BCUT2D eigenvalue weighted by molar-refractivity contribution is 6.35. The van der Waals surface area contributed by atoms with Crippen molar-refractivity contribution in [2.75, 3.05) is 14.2 Å². The number of nitrogens with zero attached hydrogens (tertiary/aromatic N) is 1. The fourth-order valence-electron chi connectivity index (χ4n) is 3.06. The minimum atomic E-state index is -0.843. The van der Waals surface area contributed by atoms with E-state index in [0.717, 1.165) is 12.1 Å².